The number of amides is 1. The number of ether oxygens (including phenoxy) is 1. The monoisotopic (exact) mass is 279 g/mol. The first-order valence-corrected chi connectivity index (χ1v) is 7.14. The van der Waals surface area contributed by atoms with Crippen LogP contribution in [0.4, 0.5) is 0 Å². The van der Waals surface area contributed by atoms with Crippen molar-refractivity contribution in [2.24, 2.45) is 0 Å². The lowest BCUT2D eigenvalue weighted by Gasteiger charge is -2.28. The van der Waals surface area contributed by atoms with Gasteiger partial charge < -0.3 is 14.7 Å². The molecular weight excluding hydrogens is 254 g/mol. The van der Waals surface area contributed by atoms with E-state index in [9.17, 15) is 9.90 Å². The first-order valence-electron chi connectivity index (χ1n) is 7.14. The van der Waals surface area contributed by atoms with E-state index in [4.69, 9.17) is 4.74 Å². The number of aliphatic hydroxyl groups is 1. The molecule has 0 aromatic heterocycles. The zero-order valence-corrected chi connectivity index (χ0v) is 12.8. The third kappa shape index (κ3) is 4.85. The molecule has 1 N–H and O–H groups in total. The SMILES string of the molecule is CCc1ccccc1OCC(=O)N(CC(C)O)C(C)C. The quantitative estimate of drug-likeness (QED) is 0.833. The molecule has 4 heteroatoms. The summed E-state index contributed by atoms with van der Waals surface area (Å²) in [6.07, 6.45) is 0.329. The molecule has 0 aliphatic rings. The highest BCUT2D eigenvalue weighted by Gasteiger charge is 2.19. The molecule has 1 unspecified atom stereocenters. The van der Waals surface area contributed by atoms with Gasteiger partial charge in [-0.1, -0.05) is 25.1 Å². The number of benzene rings is 1. The standard InChI is InChI=1S/C16H25NO3/c1-5-14-8-6-7-9-15(14)20-11-16(19)17(12(2)3)10-13(4)18/h6-9,12-13,18H,5,10-11H2,1-4H3. The van der Waals surface area contributed by atoms with Gasteiger partial charge in [0.05, 0.1) is 6.10 Å². The first kappa shape index (κ1) is 16.5. The Balaban J connectivity index is 2.65. The molecule has 0 radical (unpaired) electrons. The number of aliphatic hydroxyl groups excluding tert-OH is 1. The maximum absolute atomic E-state index is 12.2. The van der Waals surface area contributed by atoms with Gasteiger partial charge >= 0.3 is 0 Å². The number of hydrogen-bond acceptors (Lipinski definition) is 3. The number of hydrogen-bond donors (Lipinski definition) is 1. The van der Waals surface area contributed by atoms with E-state index in [0.29, 0.717) is 6.54 Å². The Morgan fingerprint density at radius 1 is 1.30 bits per heavy atom. The van der Waals surface area contributed by atoms with Gasteiger partial charge in [0.1, 0.15) is 5.75 Å². The van der Waals surface area contributed by atoms with Crippen molar-refractivity contribution >= 4 is 5.91 Å². The molecule has 1 aromatic carbocycles. The van der Waals surface area contributed by atoms with E-state index in [-0.39, 0.29) is 18.6 Å². The molecule has 0 heterocycles. The number of nitrogens with zero attached hydrogens (tertiary/aromatic N) is 1. The molecule has 1 atom stereocenters. The van der Waals surface area contributed by atoms with Crippen LogP contribution in [0.15, 0.2) is 24.3 Å². The maximum Gasteiger partial charge on any atom is 0.260 e. The van der Waals surface area contributed by atoms with Crippen molar-refractivity contribution in [1.82, 2.24) is 4.90 Å². The Bertz CT molecular complexity index is 429. The summed E-state index contributed by atoms with van der Waals surface area (Å²) in [5, 5.41) is 9.45. The number of carbonyl (C=O) groups is 1. The van der Waals surface area contributed by atoms with Crippen LogP contribution < -0.4 is 4.74 Å². The highest BCUT2D eigenvalue weighted by Crippen LogP contribution is 2.18. The third-order valence-electron chi connectivity index (χ3n) is 3.11. The van der Waals surface area contributed by atoms with Gasteiger partial charge in [-0.2, -0.15) is 0 Å². The van der Waals surface area contributed by atoms with E-state index >= 15 is 0 Å². The van der Waals surface area contributed by atoms with Crippen molar-refractivity contribution in [3.05, 3.63) is 29.8 Å². The van der Waals surface area contributed by atoms with E-state index in [1.165, 1.54) is 0 Å². The van der Waals surface area contributed by atoms with E-state index in [1.807, 2.05) is 38.1 Å². The molecule has 0 bridgehead atoms. The summed E-state index contributed by atoms with van der Waals surface area (Å²) in [6, 6.07) is 7.77. The summed E-state index contributed by atoms with van der Waals surface area (Å²) < 4.78 is 5.63. The minimum absolute atomic E-state index is 0.00190. The molecule has 0 aliphatic heterocycles. The molecular formula is C16H25NO3. The molecule has 0 fully saturated rings. The Morgan fingerprint density at radius 2 is 1.95 bits per heavy atom. The summed E-state index contributed by atoms with van der Waals surface area (Å²) in [4.78, 5) is 13.8. The molecule has 1 aromatic rings. The molecule has 20 heavy (non-hydrogen) atoms. The number of aryl methyl sites for hydroxylation is 1. The zero-order chi connectivity index (χ0) is 15.1. The predicted molar refractivity (Wildman–Crippen MR) is 79.8 cm³/mol. The van der Waals surface area contributed by atoms with Crippen molar-refractivity contribution < 1.29 is 14.6 Å². The van der Waals surface area contributed by atoms with Gasteiger partial charge in [-0.05, 0) is 38.8 Å². The molecule has 4 nitrogen and oxygen atoms in total. The van der Waals surface area contributed by atoms with E-state index in [1.54, 1.807) is 11.8 Å². The fourth-order valence-electron chi connectivity index (χ4n) is 2.04. The van der Waals surface area contributed by atoms with Crippen LogP contribution in [0.3, 0.4) is 0 Å². The average Bonchev–Trinajstić information content (AvgIpc) is 2.42. The van der Waals surface area contributed by atoms with Gasteiger partial charge in [-0.25, -0.2) is 0 Å². The fourth-order valence-corrected chi connectivity index (χ4v) is 2.04. The van der Waals surface area contributed by atoms with Gasteiger partial charge in [0.2, 0.25) is 0 Å². The third-order valence-corrected chi connectivity index (χ3v) is 3.11. The van der Waals surface area contributed by atoms with Crippen LogP contribution in [-0.4, -0.2) is 41.2 Å². The van der Waals surface area contributed by atoms with E-state index in [0.717, 1.165) is 17.7 Å². The molecule has 1 rings (SSSR count). The predicted octanol–water partition coefficient (Wildman–Crippen LogP) is 2.25. The summed E-state index contributed by atoms with van der Waals surface area (Å²) in [5.41, 5.74) is 1.09. The Kier molecular flexibility index (Phi) is 6.52. The lowest BCUT2D eigenvalue weighted by atomic mass is 10.1. The summed E-state index contributed by atoms with van der Waals surface area (Å²) in [6.45, 7) is 7.92. The van der Waals surface area contributed by atoms with Crippen LogP contribution >= 0.6 is 0 Å². The van der Waals surface area contributed by atoms with Crippen molar-refractivity contribution in [3.8, 4) is 5.75 Å². The summed E-state index contributed by atoms with van der Waals surface area (Å²) >= 11 is 0. The number of carbonyl (C=O) groups excluding carboxylic acids is 1. The second kappa shape index (κ2) is 7.90. The maximum atomic E-state index is 12.2. The van der Waals surface area contributed by atoms with Crippen LogP contribution in [-0.2, 0) is 11.2 Å². The van der Waals surface area contributed by atoms with Crippen LogP contribution in [0, 0.1) is 0 Å². The highest BCUT2D eigenvalue weighted by molar-refractivity contribution is 5.78. The Hall–Kier alpha value is -1.55. The second-order valence-corrected chi connectivity index (χ2v) is 5.24. The number of para-hydroxylation sites is 1. The molecule has 0 spiro atoms. The molecule has 0 saturated heterocycles. The highest BCUT2D eigenvalue weighted by atomic mass is 16.5. The minimum atomic E-state index is -0.538. The topological polar surface area (TPSA) is 49.8 Å². The normalized spacial score (nSPS) is 12.3. The van der Waals surface area contributed by atoms with Crippen molar-refractivity contribution in [2.75, 3.05) is 13.2 Å². The molecule has 1 amide bonds. The van der Waals surface area contributed by atoms with Crippen molar-refractivity contribution in [1.29, 1.82) is 0 Å². The van der Waals surface area contributed by atoms with Crippen molar-refractivity contribution in [2.45, 2.75) is 46.3 Å². The van der Waals surface area contributed by atoms with E-state index < -0.39 is 6.10 Å². The van der Waals surface area contributed by atoms with Gasteiger partial charge in [0, 0.05) is 12.6 Å². The lowest BCUT2D eigenvalue weighted by molar-refractivity contribution is -0.136. The molecule has 0 saturated carbocycles. The van der Waals surface area contributed by atoms with Crippen LogP contribution in [0.2, 0.25) is 0 Å². The largest absolute Gasteiger partial charge is 0.483 e. The zero-order valence-electron chi connectivity index (χ0n) is 12.8. The minimum Gasteiger partial charge on any atom is -0.483 e. The van der Waals surface area contributed by atoms with Crippen LogP contribution in [0.5, 0.6) is 5.75 Å². The lowest BCUT2D eigenvalue weighted by Crippen LogP contribution is -2.43. The molecule has 0 aliphatic carbocycles. The van der Waals surface area contributed by atoms with Gasteiger partial charge in [-0.3, -0.25) is 4.79 Å². The average molecular weight is 279 g/mol. The van der Waals surface area contributed by atoms with Crippen molar-refractivity contribution in [3.63, 3.8) is 0 Å². The number of rotatable bonds is 7. The van der Waals surface area contributed by atoms with Gasteiger partial charge in [0.25, 0.3) is 5.91 Å². The summed E-state index contributed by atoms with van der Waals surface area (Å²) in [7, 11) is 0. The molecule has 112 valence electrons. The second-order valence-electron chi connectivity index (χ2n) is 5.24. The fraction of sp³-hybridized carbons (Fsp3) is 0.562. The van der Waals surface area contributed by atoms with Crippen LogP contribution in [0.25, 0.3) is 0 Å². The van der Waals surface area contributed by atoms with Gasteiger partial charge in [-0.15, -0.1) is 0 Å². The first-order chi connectivity index (χ1) is 9.45. The van der Waals surface area contributed by atoms with Crippen LogP contribution in [0.1, 0.15) is 33.3 Å². The Labute approximate surface area is 121 Å². The Morgan fingerprint density at radius 3 is 2.50 bits per heavy atom. The summed E-state index contributed by atoms with van der Waals surface area (Å²) in [5.74, 6) is 0.649. The van der Waals surface area contributed by atoms with Gasteiger partial charge in [0.15, 0.2) is 6.61 Å². The van der Waals surface area contributed by atoms with E-state index in [2.05, 4.69) is 6.92 Å². The smallest absolute Gasteiger partial charge is 0.260 e.